The normalized spacial score (nSPS) is 17.9. The molecule has 0 radical (unpaired) electrons. The van der Waals surface area contributed by atoms with Crippen molar-refractivity contribution in [3.63, 3.8) is 0 Å². The molecule has 5 rings (SSSR count). The van der Waals surface area contributed by atoms with Gasteiger partial charge in [0.25, 0.3) is 0 Å². The molecule has 2 aliphatic heterocycles. The van der Waals surface area contributed by atoms with E-state index in [1.807, 2.05) is 12.1 Å². The van der Waals surface area contributed by atoms with Crippen molar-refractivity contribution in [2.24, 2.45) is 0 Å². The molecule has 1 N–H and O–H groups in total. The minimum atomic E-state index is 0.107. The van der Waals surface area contributed by atoms with Gasteiger partial charge >= 0.3 is 0 Å². The molecule has 3 nitrogen and oxygen atoms in total. The Labute approximate surface area is 164 Å². The molecule has 0 spiro atoms. The summed E-state index contributed by atoms with van der Waals surface area (Å²) in [7, 11) is 0. The van der Waals surface area contributed by atoms with Gasteiger partial charge in [-0.1, -0.05) is 29.8 Å². The third kappa shape index (κ3) is 2.86. The van der Waals surface area contributed by atoms with Gasteiger partial charge in [0.1, 0.15) is 0 Å². The molecular formula is C20H14ClNO2S2. The van der Waals surface area contributed by atoms with Gasteiger partial charge in [0.15, 0.2) is 11.5 Å². The van der Waals surface area contributed by atoms with E-state index in [2.05, 4.69) is 53.2 Å². The van der Waals surface area contributed by atoms with Crippen molar-refractivity contribution < 1.29 is 9.47 Å². The summed E-state index contributed by atoms with van der Waals surface area (Å²) in [5.41, 5.74) is 3.32. The summed E-state index contributed by atoms with van der Waals surface area (Å²) in [5.74, 6) is 1.35. The number of benzene rings is 2. The van der Waals surface area contributed by atoms with Gasteiger partial charge in [-0.2, -0.15) is 0 Å². The van der Waals surface area contributed by atoms with Crippen molar-refractivity contribution in [1.82, 2.24) is 0 Å². The molecule has 0 amide bonds. The molecule has 0 bridgehead atoms. The van der Waals surface area contributed by atoms with Crippen LogP contribution in [0.2, 0.25) is 5.02 Å². The summed E-state index contributed by atoms with van der Waals surface area (Å²) in [6, 6.07) is 16.6. The molecule has 0 aliphatic carbocycles. The molecule has 0 saturated carbocycles. The minimum Gasteiger partial charge on any atom is -0.454 e. The van der Waals surface area contributed by atoms with E-state index in [1.165, 1.54) is 9.77 Å². The van der Waals surface area contributed by atoms with Crippen LogP contribution in [0.4, 0.5) is 5.69 Å². The Morgan fingerprint density at radius 2 is 2.00 bits per heavy atom. The maximum Gasteiger partial charge on any atom is 0.231 e. The van der Waals surface area contributed by atoms with Crippen LogP contribution in [-0.2, 0) is 0 Å². The highest BCUT2D eigenvalue weighted by atomic mass is 35.5. The molecule has 3 heterocycles. The molecule has 2 aromatic carbocycles. The van der Waals surface area contributed by atoms with Crippen LogP contribution in [0.15, 0.2) is 64.9 Å². The number of para-hydroxylation sites is 1. The second-order valence-corrected chi connectivity index (χ2v) is 8.49. The van der Waals surface area contributed by atoms with Gasteiger partial charge in [0, 0.05) is 4.90 Å². The second-order valence-electron chi connectivity index (χ2n) is 5.95. The molecule has 26 heavy (non-hydrogen) atoms. The van der Waals surface area contributed by atoms with E-state index in [0.29, 0.717) is 16.5 Å². The molecule has 1 aromatic heterocycles. The largest absolute Gasteiger partial charge is 0.454 e. The number of halogens is 1. The highest BCUT2D eigenvalue weighted by Crippen LogP contribution is 2.48. The van der Waals surface area contributed by atoms with Gasteiger partial charge in [0.05, 0.1) is 26.5 Å². The van der Waals surface area contributed by atoms with Crippen LogP contribution >= 0.6 is 34.7 Å². The maximum absolute atomic E-state index is 6.42. The molecule has 130 valence electrons. The van der Waals surface area contributed by atoms with Crippen LogP contribution < -0.4 is 14.8 Å². The van der Waals surface area contributed by atoms with Crippen molar-refractivity contribution in [3.8, 4) is 11.5 Å². The Balaban J connectivity index is 1.63. The summed E-state index contributed by atoms with van der Waals surface area (Å²) >= 11 is 9.94. The van der Waals surface area contributed by atoms with Crippen molar-refractivity contribution in [1.29, 1.82) is 0 Å². The zero-order valence-corrected chi connectivity index (χ0v) is 16.0. The average molecular weight is 400 g/mol. The van der Waals surface area contributed by atoms with Crippen molar-refractivity contribution in [3.05, 3.63) is 75.5 Å². The van der Waals surface area contributed by atoms with Gasteiger partial charge < -0.3 is 14.8 Å². The number of fused-ring (bicyclic) bond motifs is 2. The number of hydrogen-bond acceptors (Lipinski definition) is 5. The lowest BCUT2D eigenvalue weighted by atomic mass is 10.1. The van der Waals surface area contributed by atoms with E-state index in [4.69, 9.17) is 21.1 Å². The van der Waals surface area contributed by atoms with E-state index in [-0.39, 0.29) is 12.0 Å². The number of ether oxygens (including phenoxy) is 2. The molecule has 6 heteroatoms. The summed E-state index contributed by atoms with van der Waals surface area (Å²) in [5, 5.41) is 6.38. The van der Waals surface area contributed by atoms with Gasteiger partial charge in [-0.25, -0.2) is 0 Å². The number of nitrogens with one attached hydrogen (secondary N) is 1. The first-order valence-corrected chi connectivity index (χ1v) is 10.3. The monoisotopic (exact) mass is 399 g/mol. The SMILES string of the molecule is Clc1cc(C2C=C(c3cccs3)Nc3ccccc3S2)cc2c1OCO2. The highest BCUT2D eigenvalue weighted by Gasteiger charge is 2.24. The van der Waals surface area contributed by atoms with Crippen molar-refractivity contribution in [2.45, 2.75) is 10.1 Å². The van der Waals surface area contributed by atoms with Crippen LogP contribution in [0.3, 0.4) is 0 Å². The first kappa shape index (κ1) is 16.1. The third-order valence-electron chi connectivity index (χ3n) is 4.29. The molecule has 1 atom stereocenters. The van der Waals surface area contributed by atoms with E-state index in [0.717, 1.165) is 16.9 Å². The molecular weight excluding hydrogens is 386 g/mol. The molecule has 0 saturated heterocycles. The summed E-state index contributed by atoms with van der Waals surface area (Å²) in [4.78, 5) is 2.41. The minimum absolute atomic E-state index is 0.107. The lowest BCUT2D eigenvalue weighted by Gasteiger charge is -2.14. The Hall–Kier alpha value is -2.08. The fraction of sp³-hybridized carbons (Fsp3) is 0.100. The van der Waals surface area contributed by atoms with E-state index >= 15 is 0 Å². The van der Waals surface area contributed by atoms with Gasteiger partial charge in [0.2, 0.25) is 6.79 Å². The highest BCUT2D eigenvalue weighted by molar-refractivity contribution is 7.99. The van der Waals surface area contributed by atoms with Gasteiger partial charge in [-0.15, -0.1) is 23.1 Å². The van der Waals surface area contributed by atoms with Crippen LogP contribution in [0.5, 0.6) is 11.5 Å². The number of thiophene rings is 1. The van der Waals surface area contributed by atoms with E-state index < -0.39 is 0 Å². The molecule has 3 aromatic rings. The fourth-order valence-corrected chi connectivity index (χ4v) is 5.21. The first-order valence-electron chi connectivity index (χ1n) is 8.15. The standard InChI is InChI=1S/C20H14ClNO2S2/c21-13-8-12(9-16-20(13)24-11-23-16)19-10-15(17-6-3-7-25-17)22-14-4-1-2-5-18(14)26-19/h1-10,19,22H,11H2. The molecule has 0 fully saturated rings. The first-order chi connectivity index (χ1) is 12.8. The smallest absolute Gasteiger partial charge is 0.231 e. The van der Waals surface area contributed by atoms with E-state index in [1.54, 1.807) is 23.1 Å². The zero-order chi connectivity index (χ0) is 17.5. The van der Waals surface area contributed by atoms with Crippen LogP contribution in [0.25, 0.3) is 5.70 Å². The number of hydrogen-bond donors (Lipinski definition) is 1. The topological polar surface area (TPSA) is 30.5 Å². The maximum atomic E-state index is 6.42. The lowest BCUT2D eigenvalue weighted by Crippen LogP contribution is -1.97. The van der Waals surface area contributed by atoms with Crippen molar-refractivity contribution in [2.75, 3.05) is 12.1 Å². The van der Waals surface area contributed by atoms with Crippen LogP contribution in [0.1, 0.15) is 15.7 Å². The molecule has 1 unspecified atom stereocenters. The molecule has 2 aliphatic rings. The van der Waals surface area contributed by atoms with E-state index in [9.17, 15) is 0 Å². The summed E-state index contributed by atoms with van der Waals surface area (Å²) < 4.78 is 11.0. The second kappa shape index (κ2) is 6.58. The van der Waals surface area contributed by atoms with Gasteiger partial charge in [-0.05, 0) is 47.4 Å². The third-order valence-corrected chi connectivity index (χ3v) is 6.75. The quantitative estimate of drug-likeness (QED) is 0.537. The zero-order valence-electron chi connectivity index (χ0n) is 13.6. The van der Waals surface area contributed by atoms with Crippen LogP contribution in [0, 0.1) is 0 Å². The summed E-state index contributed by atoms with van der Waals surface area (Å²) in [6.07, 6.45) is 2.25. The van der Waals surface area contributed by atoms with Gasteiger partial charge in [-0.3, -0.25) is 0 Å². The number of rotatable bonds is 2. The predicted molar refractivity (Wildman–Crippen MR) is 109 cm³/mol. The number of thioether (sulfide) groups is 1. The van der Waals surface area contributed by atoms with Crippen molar-refractivity contribution >= 4 is 46.1 Å². The lowest BCUT2D eigenvalue weighted by molar-refractivity contribution is 0.174. The van der Waals surface area contributed by atoms with Crippen LogP contribution in [-0.4, -0.2) is 6.79 Å². The Morgan fingerprint density at radius 1 is 1.08 bits per heavy atom. The number of anilines is 1. The average Bonchev–Trinajstić information content (AvgIpc) is 3.30. The Morgan fingerprint density at radius 3 is 2.88 bits per heavy atom. The fourth-order valence-electron chi connectivity index (χ4n) is 3.07. The summed E-state index contributed by atoms with van der Waals surface area (Å²) in [6.45, 7) is 0.219. The predicted octanol–water partition coefficient (Wildman–Crippen LogP) is 6.43. The Kier molecular flexibility index (Phi) is 4.08. The Bertz CT molecular complexity index is 1000.